The van der Waals surface area contributed by atoms with Crippen molar-refractivity contribution in [3.63, 3.8) is 0 Å². The lowest BCUT2D eigenvalue weighted by molar-refractivity contribution is -0.115. The lowest BCUT2D eigenvalue weighted by atomic mass is 9.92. The summed E-state index contributed by atoms with van der Waals surface area (Å²) >= 11 is 0. The van der Waals surface area contributed by atoms with Crippen LogP contribution in [0, 0.1) is 5.92 Å². The van der Waals surface area contributed by atoms with E-state index < -0.39 is 0 Å². The van der Waals surface area contributed by atoms with Crippen LogP contribution in [0.4, 0.5) is 5.69 Å². The van der Waals surface area contributed by atoms with E-state index in [1.807, 2.05) is 6.07 Å². The van der Waals surface area contributed by atoms with Gasteiger partial charge in [-0.15, -0.1) is 0 Å². The van der Waals surface area contributed by atoms with Crippen LogP contribution in [-0.4, -0.2) is 24.2 Å². The summed E-state index contributed by atoms with van der Waals surface area (Å²) in [7, 11) is 0. The van der Waals surface area contributed by atoms with Crippen LogP contribution < -0.4 is 10.6 Å². The van der Waals surface area contributed by atoms with Gasteiger partial charge in [-0.1, -0.05) is 5.16 Å². The van der Waals surface area contributed by atoms with Gasteiger partial charge in [0.25, 0.3) is 0 Å². The first-order valence-electron chi connectivity index (χ1n) is 8.21. The van der Waals surface area contributed by atoms with E-state index in [2.05, 4.69) is 21.9 Å². The molecule has 2 aliphatic rings. The molecule has 2 aliphatic heterocycles. The number of benzene rings is 1. The normalized spacial score (nSPS) is 18.6. The molecule has 2 aromatic rings. The second-order valence-corrected chi connectivity index (χ2v) is 6.45. The summed E-state index contributed by atoms with van der Waals surface area (Å²) in [4.78, 5) is 11.5. The highest BCUT2D eigenvalue weighted by molar-refractivity contribution is 6.02. The predicted octanol–water partition coefficient (Wildman–Crippen LogP) is 2.64. The molecule has 4 rings (SSSR count). The minimum atomic E-state index is 0.0584. The van der Waals surface area contributed by atoms with Gasteiger partial charge in [0.2, 0.25) is 5.91 Å². The Balaban J connectivity index is 1.45. The first-order chi connectivity index (χ1) is 10.8. The van der Waals surface area contributed by atoms with Crippen molar-refractivity contribution in [1.29, 1.82) is 0 Å². The number of aryl methyl sites for hydroxylation is 1. The molecule has 0 saturated carbocycles. The molecule has 5 nitrogen and oxygen atoms in total. The Bertz CT molecular complexity index is 701. The summed E-state index contributed by atoms with van der Waals surface area (Å²) in [6.07, 6.45) is 6.42. The highest BCUT2D eigenvalue weighted by atomic mass is 16.5. The zero-order valence-corrected chi connectivity index (χ0v) is 12.7. The summed E-state index contributed by atoms with van der Waals surface area (Å²) in [5, 5.41) is 11.6. The number of rotatable bonds is 4. The van der Waals surface area contributed by atoms with Gasteiger partial charge in [-0.05, 0) is 62.7 Å². The molecule has 1 aromatic heterocycles. The number of carbonyl (C=O) groups excluding carboxylic acids is 1. The van der Waals surface area contributed by atoms with Crippen LogP contribution in [0.1, 0.15) is 36.9 Å². The molecule has 0 spiro atoms. The largest absolute Gasteiger partial charge is 0.356 e. The standard InChI is InChI=1S/C17H21N3O2/c21-17-9-12-8-13-14(20-22-16(13)10-15(12)19-17)3-1-2-11-4-6-18-7-5-11/h8,10-11,18H,1-7,9H2,(H,19,21). The van der Waals surface area contributed by atoms with E-state index in [9.17, 15) is 4.79 Å². The first-order valence-corrected chi connectivity index (χ1v) is 8.21. The lowest BCUT2D eigenvalue weighted by Crippen LogP contribution is -2.27. The lowest BCUT2D eigenvalue weighted by Gasteiger charge is -2.22. The fourth-order valence-corrected chi connectivity index (χ4v) is 3.62. The smallest absolute Gasteiger partial charge is 0.228 e. The van der Waals surface area contributed by atoms with Crippen LogP contribution in [0.3, 0.4) is 0 Å². The number of piperidine rings is 1. The number of nitrogens with zero attached hydrogens (tertiary/aromatic N) is 1. The summed E-state index contributed by atoms with van der Waals surface area (Å²) < 4.78 is 5.44. The molecular formula is C17H21N3O2. The highest BCUT2D eigenvalue weighted by Gasteiger charge is 2.21. The van der Waals surface area contributed by atoms with Gasteiger partial charge in [0, 0.05) is 17.1 Å². The zero-order valence-electron chi connectivity index (χ0n) is 12.7. The van der Waals surface area contributed by atoms with Crippen molar-refractivity contribution in [2.45, 2.75) is 38.5 Å². The van der Waals surface area contributed by atoms with Crippen LogP contribution in [-0.2, 0) is 17.6 Å². The first kappa shape index (κ1) is 13.8. The fourth-order valence-electron chi connectivity index (χ4n) is 3.62. The third-order valence-electron chi connectivity index (χ3n) is 4.88. The van der Waals surface area contributed by atoms with Gasteiger partial charge < -0.3 is 15.2 Å². The van der Waals surface area contributed by atoms with Gasteiger partial charge in [0.1, 0.15) is 0 Å². The highest BCUT2D eigenvalue weighted by Crippen LogP contribution is 2.31. The average Bonchev–Trinajstić information content (AvgIpc) is 3.08. The number of fused-ring (bicyclic) bond motifs is 2. The van der Waals surface area contributed by atoms with E-state index in [0.717, 1.165) is 59.8 Å². The minimum Gasteiger partial charge on any atom is -0.356 e. The Morgan fingerprint density at radius 2 is 2.14 bits per heavy atom. The van der Waals surface area contributed by atoms with Crippen LogP contribution in [0.5, 0.6) is 0 Å². The van der Waals surface area contributed by atoms with Crippen molar-refractivity contribution in [3.05, 3.63) is 23.4 Å². The maximum Gasteiger partial charge on any atom is 0.228 e. The number of anilines is 1. The Kier molecular flexibility index (Phi) is 3.58. The van der Waals surface area contributed by atoms with E-state index in [-0.39, 0.29) is 5.91 Å². The van der Waals surface area contributed by atoms with Crippen LogP contribution in [0.2, 0.25) is 0 Å². The van der Waals surface area contributed by atoms with Gasteiger partial charge in [-0.25, -0.2) is 0 Å². The molecule has 0 unspecified atom stereocenters. The van der Waals surface area contributed by atoms with E-state index in [1.54, 1.807) is 0 Å². The second-order valence-electron chi connectivity index (χ2n) is 6.45. The third-order valence-corrected chi connectivity index (χ3v) is 4.88. The number of aromatic nitrogens is 1. The monoisotopic (exact) mass is 299 g/mol. The molecule has 3 heterocycles. The van der Waals surface area contributed by atoms with Crippen LogP contribution in [0.15, 0.2) is 16.7 Å². The predicted molar refractivity (Wildman–Crippen MR) is 84.9 cm³/mol. The van der Waals surface area contributed by atoms with Gasteiger partial charge in [0.15, 0.2) is 5.58 Å². The SMILES string of the molecule is O=C1Cc2cc3c(CCCC4CCNCC4)noc3cc2N1. The molecule has 22 heavy (non-hydrogen) atoms. The molecule has 5 heteroatoms. The van der Waals surface area contributed by atoms with E-state index in [4.69, 9.17) is 4.52 Å². The molecule has 1 amide bonds. The molecule has 1 aromatic carbocycles. The van der Waals surface area contributed by atoms with Crippen molar-refractivity contribution in [2.24, 2.45) is 5.92 Å². The fraction of sp³-hybridized carbons (Fsp3) is 0.529. The summed E-state index contributed by atoms with van der Waals surface area (Å²) in [6.45, 7) is 2.31. The Morgan fingerprint density at radius 3 is 3.00 bits per heavy atom. The molecule has 1 saturated heterocycles. The van der Waals surface area contributed by atoms with E-state index >= 15 is 0 Å². The number of carbonyl (C=O) groups is 1. The van der Waals surface area contributed by atoms with Crippen molar-refractivity contribution < 1.29 is 9.32 Å². The maximum atomic E-state index is 11.5. The number of nitrogens with one attached hydrogen (secondary N) is 2. The molecule has 2 N–H and O–H groups in total. The van der Waals surface area contributed by atoms with Gasteiger partial charge in [-0.3, -0.25) is 4.79 Å². The molecule has 116 valence electrons. The molecule has 0 aliphatic carbocycles. The average molecular weight is 299 g/mol. The number of hydrogen-bond donors (Lipinski definition) is 2. The quantitative estimate of drug-likeness (QED) is 0.911. The number of amides is 1. The number of hydrogen-bond acceptors (Lipinski definition) is 4. The summed E-state index contributed by atoms with van der Waals surface area (Å²) in [5.41, 5.74) is 3.74. The molecule has 0 bridgehead atoms. The van der Waals surface area contributed by atoms with Crippen molar-refractivity contribution >= 4 is 22.6 Å². The second kappa shape index (κ2) is 5.72. The molecule has 1 fully saturated rings. The molecule has 0 atom stereocenters. The van der Waals surface area contributed by atoms with Gasteiger partial charge in [-0.2, -0.15) is 0 Å². The topological polar surface area (TPSA) is 67.2 Å². The minimum absolute atomic E-state index is 0.0584. The van der Waals surface area contributed by atoms with E-state index in [0.29, 0.717) is 6.42 Å². The maximum absolute atomic E-state index is 11.5. The Labute approximate surface area is 129 Å². The van der Waals surface area contributed by atoms with E-state index in [1.165, 1.54) is 19.3 Å². The summed E-state index contributed by atoms with van der Waals surface area (Å²) in [6, 6.07) is 3.97. The van der Waals surface area contributed by atoms with Crippen molar-refractivity contribution in [2.75, 3.05) is 18.4 Å². The van der Waals surface area contributed by atoms with Crippen molar-refractivity contribution in [1.82, 2.24) is 10.5 Å². The molecule has 0 radical (unpaired) electrons. The third kappa shape index (κ3) is 2.61. The zero-order chi connectivity index (χ0) is 14.9. The molecular weight excluding hydrogens is 278 g/mol. The Morgan fingerprint density at radius 1 is 1.27 bits per heavy atom. The van der Waals surface area contributed by atoms with Gasteiger partial charge >= 0.3 is 0 Å². The Hall–Kier alpha value is -1.88. The van der Waals surface area contributed by atoms with Crippen LogP contribution in [0.25, 0.3) is 11.0 Å². The van der Waals surface area contributed by atoms with Crippen LogP contribution >= 0.6 is 0 Å². The van der Waals surface area contributed by atoms with Gasteiger partial charge in [0.05, 0.1) is 12.1 Å². The summed E-state index contributed by atoms with van der Waals surface area (Å²) in [5.74, 6) is 0.911. The van der Waals surface area contributed by atoms with Crippen molar-refractivity contribution in [3.8, 4) is 0 Å².